The van der Waals surface area contributed by atoms with Crippen molar-refractivity contribution in [3.05, 3.63) is 35.9 Å². The Labute approximate surface area is 97.7 Å². The topological polar surface area (TPSA) is 0 Å². The summed E-state index contributed by atoms with van der Waals surface area (Å²) in [5.41, 5.74) is 0.961. The molecule has 0 heterocycles. The van der Waals surface area contributed by atoms with E-state index in [0.717, 1.165) is 10.0 Å². The predicted molar refractivity (Wildman–Crippen MR) is 69.5 cm³/mol. The van der Waals surface area contributed by atoms with Crippen molar-refractivity contribution in [2.45, 2.75) is 0 Å². The third kappa shape index (κ3) is 9.58. The Morgan fingerprint density at radius 3 is 1.64 bits per heavy atom. The largest absolute Gasteiger partial charge is 0.428 e. The van der Waals surface area contributed by atoms with Crippen LogP contribution in [0.5, 0.6) is 0 Å². The van der Waals surface area contributed by atoms with Crippen LogP contribution in [0.25, 0.3) is 0 Å². The van der Waals surface area contributed by atoms with E-state index in [0.29, 0.717) is 4.20 Å². The predicted octanol–water partition coefficient (Wildman–Crippen LogP) is 2.23. The summed E-state index contributed by atoms with van der Waals surface area (Å²) in [6.07, 6.45) is 0. The molecule has 3 heteroatoms. The van der Waals surface area contributed by atoms with Crippen LogP contribution in [0.15, 0.2) is 30.3 Å². The zero-order chi connectivity index (χ0) is 11.2. The maximum Gasteiger partial charge on any atom is 0.0675 e. The molecule has 1 rings (SSSR count). The summed E-state index contributed by atoms with van der Waals surface area (Å²) >= 11 is 9.55. The number of hydrogen-bond donors (Lipinski definition) is 0. The molecule has 0 N–H and O–H groups in total. The summed E-state index contributed by atoms with van der Waals surface area (Å²) in [6, 6.07) is 9.61. The molecule has 0 bridgehead atoms. The minimum absolute atomic E-state index is 0.538. The first-order valence-electron chi connectivity index (χ1n) is 4.36. The Bertz CT molecular complexity index is 269. The van der Waals surface area contributed by atoms with Gasteiger partial charge < -0.3 is 29.3 Å². The van der Waals surface area contributed by atoms with E-state index in [4.69, 9.17) is 24.8 Å². The van der Waals surface area contributed by atoms with Crippen molar-refractivity contribution in [1.29, 1.82) is 0 Å². The zero-order valence-corrected chi connectivity index (χ0v) is 10.8. The van der Waals surface area contributed by atoms with Gasteiger partial charge in [0.1, 0.15) is 0 Å². The van der Waals surface area contributed by atoms with Crippen LogP contribution in [0.1, 0.15) is 5.56 Å². The van der Waals surface area contributed by atoms with Gasteiger partial charge in [0, 0.05) is 0 Å². The Hall–Kier alpha value is -0.510. The molecule has 1 aromatic rings. The van der Waals surface area contributed by atoms with Crippen LogP contribution in [0.4, 0.5) is 0 Å². The molecule has 0 unspecified atom stereocenters. The summed E-state index contributed by atoms with van der Waals surface area (Å²) in [5.74, 6) is 0. The molecule has 0 amide bonds. The minimum Gasteiger partial charge on any atom is -0.428 e. The molecule has 0 atom stereocenters. The quantitative estimate of drug-likeness (QED) is 0.410. The molecule has 0 spiro atoms. The van der Waals surface area contributed by atoms with Gasteiger partial charge in [0.25, 0.3) is 0 Å². The van der Waals surface area contributed by atoms with Crippen LogP contribution >= 0.6 is 12.2 Å². The molecule has 1 aromatic carbocycles. The number of quaternary nitrogens is 1. The number of rotatable bonds is 1. The van der Waals surface area contributed by atoms with Gasteiger partial charge in [-0.3, -0.25) is 0 Å². The van der Waals surface area contributed by atoms with Crippen LogP contribution in [-0.2, 0) is 12.6 Å². The van der Waals surface area contributed by atoms with E-state index in [9.17, 15) is 0 Å². The highest BCUT2D eigenvalue weighted by molar-refractivity contribution is 8.01. The minimum atomic E-state index is 0.538. The van der Waals surface area contributed by atoms with Gasteiger partial charge in [-0.05, 0) is 5.56 Å². The van der Waals surface area contributed by atoms with Crippen molar-refractivity contribution in [2.24, 2.45) is 0 Å². The van der Waals surface area contributed by atoms with Crippen molar-refractivity contribution in [3.63, 3.8) is 0 Å². The lowest BCUT2D eigenvalue weighted by molar-refractivity contribution is -0.849. The molecular formula is C11H17NS2. The molecule has 78 valence electrons. The van der Waals surface area contributed by atoms with Crippen molar-refractivity contribution < 1.29 is 4.48 Å². The van der Waals surface area contributed by atoms with Crippen molar-refractivity contribution in [2.75, 3.05) is 28.2 Å². The molecular weight excluding hydrogens is 210 g/mol. The second-order valence-corrected chi connectivity index (χ2v) is 5.41. The monoisotopic (exact) mass is 227 g/mol. The number of thiocarbonyl (C=S) groups is 1. The average Bonchev–Trinajstić information content (AvgIpc) is 2.03. The number of benzene rings is 1. The van der Waals surface area contributed by atoms with Crippen LogP contribution < -0.4 is 0 Å². The van der Waals surface area contributed by atoms with Crippen LogP contribution in [0, 0.1) is 0 Å². The Kier molecular flexibility index (Phi) is 5.84. The fraction of sp³-hybridized carbons (Fsp3) is 0.364. The summed E-state index contributed by atoms with van der Waals surface area (Å²) in [4.78, 5) is 0. The molecule has 0 aromatic heterocycles. The maximum atomic E-state index is 4.78. The van der Waals surface area contributed by atoms with Gasteiger partial charge in [-0.15, -0.1) is 4.20 Å². The second kappa shape index (κ2) is 6.06. The van der Waals surface area contributed by atoms with E-state index in [-0.39, 0.29) is 0 Å². The normalized spacial score (nSPS) is 10.0. The van der Waals surface area contributed by atoms with E-state index in [1.54, 1.807) is 0 Å². The third-order valence-corrected chi connectivity index (χ3v) is 1.48. The zero-order valence-electron chi connectivity index (χ0n) is 9.15. The van der Waals surface area contributed by atoms with E-state index in [1.165, 1.54) is 0 Å². The average molecular weight is 227 g/mol. The second-order valence-electron chi connectivity index (χ2n) is 4.34. The van der Waals surface area contributed by atoms with Crippen LogP contribution in [0.3, 0.4) is 0 Å². The van der Waals surface area contributed by atoms with Gasteiger partial charge >= 0.3 is 0 Å². The fourth-order valence-corrected chi connectivity index (χ4v) is 0.846. The van der Waals surface area contributed by atoms with Gasteiger partial charge in [-0.25, -0.2) is 0 Å². The lowest BCUT2D eigenvalue weighted by atomic mass is 10.2. The highest BCUT2D eigenvalue weighted by Gasteiger charge is 1.88. The number of nitrogens with zero attached hydrogens (tertiary/aromatic N) is 1. The standard InChI is InChI=1S/C7H6S2.C4H12N/c8-7(9)6-4-2-1-3-5-6;1-5(2,3)4/h1-5H,(H,8,9);1-4H3/q;+1/p-1. The molecule has 0 fully saturated rings. The van der Waals surface area contributed by atoms with Gasteiger partial charge in [0.05, 0.1) is 28.2 Å². The molecule has 0 aliphatic rings. The first kappa shape index (κ1) is 13.5. The van der Waals surface area contributed by atoms with E-state index < -0.39 is 0 Å². The summed E-state index contributed by atoms with van der Waals surface area (Å²) in [7, 11) is 8.50. The summed E-state index contributed by atoms with van der Waals surface area (Å²) < 4.78 is 1.54. The first-order valence-corrected chi connectivity index (χ1v) is 5.17. The van der Waals surface area contributed by atoms with Crippen molar-refractivity contribution >= 4 is 29.0 Å². The Morgan fingerprint density at radius 1 is 1.07 bits per heavy atom. The number of hydrogen-bond acceptors (Lipinski definition) is 2. The van der Waals surface area contributed by atoms with Crippen molar-refractivity contribution in [1.82, 2.24) is 0 Å². The Balaban J connectivity index is 0.000000292. The SMILES string of the molecule is C[N+](C)(C)C.S=C([S-])c1ccccc1. The lowest BCUT2D eigenvalue weighted by Gasteiger charge is -2.14. The molecule has 14 heavy (non-hydrogen) atoms. The molecule has 0 saturated heterocycles. The summed E-state index contributed by atoms with van der Waals surface area (Å²) in [6.45, 7) is 0. The van der Waals surface area contributed by atoms with Gasteiger partial charge in [0.2, 0.25) is 0 Å². The van der Waals surface area contributed by atoms with Gasteiger partial charge in [-0.1, -0.05) is 30.3 Å². The Morgan fingerprint density at radius 2 is 1.43 bits per heavy atom. The maximum absolute atomic E-state index is 4.78. The first-order chi connectivity index (χ1) is 6.30. The molecule has 0 saturated carbocycles. The lowest BCUT2D eigenvalue weighted by Crippen LogP contribution is -2.27. The molecule has 0 radical (unpaired) electrons. The van der Waals surface area contributed by atoms with E-state index in [2.05, 4.69) is 28.2 Å². The van der Waals surface area contributed by atoms with Gasteiger partial charge in [0.15, 0.2) is 0 Å². The van der Waals surface area contributed by atoms with Crippen LogP contribution in [-0.4, -0.2) is 36.9 Å². The molecule has 0 aliphatic carbocycles. The highest BCUT2D eigenvalue weighted by atomic mass is 32.1. The third-order valence-electron chi connectivity index (χ3n) is 1.01. The molecule has 1 nitrogen and oxygen atoms in total. The van der Waals surface area contributed by atoms with E-state index >= 15 is 0 Å². The molecule has 0 aliphatic heterocycles. The summed E-state index contributed by atoms with van der Waals surface area (Å²) in [5, 5.41) is 0. The van der Waals surface area contributed by atoms with Crippen LogP contribution in [0.2, 0.25) is 0 Å². The highest BCUT2D eigenvalue weighted by Crippen LogP contribution is 1.98. The van der Waals surface area contributed by atoms with E-state index in [1.807, 2.05) is 30.3 Å². The van der Waals surface area contributed by atoms with Crippen molar-refractivity contribution in [3.8, 4) is 0 Å². The fourth-order valence-electron chi connectivity index (χ4n) is 0.574. The van der Waals surface area contributed by atoms with Gasteiger partial charge in [-0.2, -0.15) is 0 Å². The smallest absolute Gasteiger partial charge is 0.0675 e.